The Kier molecular flexibility index (Phi) is 4.23. The number of nitrogens with one attached hydrogen (secondary N) is 2. The summed E-state index contributed by atoms with van der Waals surface area (Å²) in [7, 11) is 0. The maximum Gasteiger partial charge on any atom is 0.260 e. The first-order chi connectivity index (χ1) is 11.0. The van der Waals surface area contributed by atoms with E-state index in [1.807, 2.05) is 0 Å². The number of amidine groups is 1. The van der Waals surface area contributed by atoms with Crippen molar-refractivity contribution in [3.05, 3.63) is 35.6 Å². The fraction of sp³-hybridized carbons (Fsp3) is 0.353. The third-order valence-electron chi connectivity index (χ3n) is 3.96. The molecule has 2 N–H and O–H groups in total. The number of carbonyl (C=O) groups excluding carboxylic acids is 1. The van der Waals surface area contributed by atoms with E-state index in [0.29, 0.717) is 22.3 Å². The number of halogens is 1. The maximum absolute atomic E-state index is 13.5. The molecule has 0 saturated carbocycles. The fourth-order valence-corrected chi connectivity index (χ4v) is 2.89. The van der Waals surface area contributed by atoms with Crippen molar-refractivity contribution in [3.8, 4) is 0 Å². The number of rotatable bonds is 2. The second kappa shape index (κ2) is 6.32. The molecule has 0 unspecified atom stereocenters. The van der Waals surface area contributed by atoms with Crippen LogP contribution < -0.4 is 10.2 Å². The predicted octanol–water partition coefficient (Wildman–Crippen LogP) is 3.09. The lowest BCUT2D eigenvalue weighted by atomic mass is 10.1. The smallest absolute Gasteiger partial charge is 0.260 e. The molecule has 1 aromatic heterocycles. The monoisotopic (exact) mass is 314 g/mol. The fourth-order valence-electron chi connectivity index (χ4n) is 2.89. The van der Waals surface area contributed by atoms with Crippen LogP contribution in [0.4, 0.5) is 10.2 Å². The molecule has 0 aliphatic carbocycles. The number of nitrogens with zero attached hydrogens (tertiary/aromatic N) is 2. The van der Waals surface area contributed by atoms with E-state index in [-0.39, 0.29) is 17.6 Å². The molecule has 0 radical (unpaired) electrons. The molecule has 5 nitrogen and oxygen atoms in total. The Morgan fingerprint density at radius 3 is 2.70 bits per heavy atom. The van der Waals surface area contributed by atoms with Gasteiger partial charge in [-0.25, -0.2) is 9.37 Å². The van der Waals surface area contributed by atoms with Crippen LogP contribution >= 0.6 is 0 Å². The number of hydrogen-bond acceptors (Lipinski definition) is 4. The van der Waals surface area contributed by atoms with E-state index >= 15 is 0 Å². The average molecular weight is 314 g/mol. The molecule has 2 aromatic rings. The van der Waals surface area contributed by atoms with Crippen molar-refractivity contribution in [2.24, 2.45) is 0 Å². The average Bonchev–Trinajstić information content (AvgIpc) is 2.53. The minimum atomic E-state index is -0.378. The van der Waals surface area contributed by atoms with Gasteiger partial charge in [0.05, 0.1) is 16.9 Å². The van der Waals surface area contributed by atoms with E-state index in [2.05, 4.69) is 15.2 Å². The summed E-state index contributed by atoms with van der Waals surface area (Å²) >= 11 is 0. The quantitative estimate of drug-likeness (QED) is 0.661. The molecule has 1 fully saturated rings. The number of anilines is 1. The third kappa shape index (κ3) is 3.31. The summed E-state index contributed by atoms with van der Waals surface area (Å²) in [6, 6.07) is 6.03. The molecule has 0 bridgehead atoms. The van der Waals surface area contributed by atoms with E-state index in [1.165, 1.54) is 25.5 Å². The number of benzene rings is 1. The first-order valence-electron chi connectivity index (χ1n) is 7.76. The Morgan fingerprint density at radius 2 is 2.00 bits per heavy atom. The summed E-state index contributed by atoms with van der Waals surface area (Å²) in [5, 5.41) is 10.5. The highest BCUT2D eigenvalue weighted by atomic mass is 19.1. The lowest BCUT2D eigenvalue weighted by Crippen LogP contribution is -2.34. The molecular formula is C17H19FN4O. The minimum absolute atomic E-state index is 0.0685. The number of carbonyl (C=O) groups is 1. The topological polar surface area (TPSA) is 69.1 Å². The highest BCUT2D eigenvalue weighted by Gasteiger charge is 2.21. The van der Waals surface area contributed by atoms with Gasteiger partial charge in [-0.15, -0.1) is 0 Å². The van der Waals surface area contributed by atoms with Crippen LogP contribution in [0.15, 0.2) is 24.3 Å². The number of aromatic nitrogens is 1. The Hall–Kier alpha value is -2.50. The molecular weight excluding hydrogens is 295 g/mol. The third-order valence-corrected chi connectivity index (χ3v) is 3.96. The van der Waals surface area contributed by atoms with Gasteiger partial charge in [-0.2, -0.15) is 0 Å². The van der Waals surface area contributed by atoms with Gasteiger partial charge < -0.3 is 10.2 Å². The molecule has 6 heteroatoms. The molecule has 1 aromatic carbocycles. The number of pyridine rings is 1. The zero-order chi connectivity index (χ0) is 16.4. The van der Waals surface area contributed by atoms with Crippen LogP contribution in [0.3, 0.4) is 0 Å². The van der Waals surface area contributed by atoms with Crippen LogP contribution in [0.5, 0.6) is 0 Å². The molecule has 1 amide bonds. The van der Waals surface area contributed by atoms with E-state index < -0.39 is 0 Å². The van der Waals surface area contributed by atoms with Gasteiger partial charge in [-0.05, 0) is 50.5 Å². The summed E-state index contributed by atoms with van der Waals surface area (Å²) < 4.78 is 13.5. The van der Waals surface area contributed by atoms with Crippen molar-refractivity contribution >= 4 is 28.5 Å². The van der Waals surface area contributed by atoms with Gasteiger partial charge in [-0.1, -0.05) is 0 Å². The van der Waals surface area contributed by atoms with Gasteiger partial charge in [0.1, 0.15) is 11.6 Å². The first kappa shape index (κ1) is 15.4. The first-order valence-corrected chi connectivity index (χ1v) is 7.76. The van der Waals surface area contributed by atoms with Gasteiger partial charge in [0.2, 0.25) is 0 Å². The Labute approximate surface area is 134 Å². The van der Waals surface area contributed by atoms with Crippen molar-refractivity contribution in [2.75, 3.05) is 18.0 Å². The second-order valence-electron chi connectivity index (χ2n) is 5.82. The van der Waals surface area contributed by atoms with E-state index in [4.69, 9.17) is 5.41 Å². The molecule has 0 spiro atoms. The van der Waals surface area contributed by atoms with Gasteiger partial charge in [0.25, 0.3) is 5.91 Å². The molecule has 23 heavy (non-hydrogen) atoms. The number of hydrogen-bond donors (Lipinski definition) is 2. The largest absolute Gasteiger partial charge is 0.356 e. The molecule has 3 rings (SSSR count). The number of piperidine rings is 1. The van der Waals surface area contributed by atoms with Crippen molar-refractivity contribution in [1.29, 1.82) is 5.41 Å². The van der Waals surface area contributed by atoms with Crippen LogP contribution in [0.1, 0.15) is 36.5 Å². The van der Waals surface area contributed by atoms with Crippen molar-refractivity contribution in [2.45, 2.75) is 26.2 Å². The van der Waals surface area contributed by atoms with E-state index in [1.54, 1.807) is 12.1 Å². The van der Waals surface area contributed by atoms with Crippen molar-refractivity contribution < 1.29 is 9.18 Å². The Balaban J connectivity index is 2.11. The van der Waals surface area contributed by atoms with Gasteiger partial charge >= 0.3 is 0 Å². The molecule has 1 aliphatic heterocycles. The van der Waals surface area contributed by atoms with Gasteiger partial charge in [0, 0.05) is 18.5 Å². The lowest BCUT2D eigenvalue weighted by molar-refractivity contribution is 0.0977. The Morgan fingerprint density at radius 1 is 1.26 bits per heavy atom. The summed E-state index contributed by atoms with van der Waals surface area (Å²) in [5.41, 5.74) is 1.05. The molecule has 1 aliphatic rings. The van der Waals surface area contributed by atoms with Crippen molar-refractivity contribution in [1.82, 2.24) is 10.3 Å². The van der Waals surface area contributed by atoms with E-state index in [9.17, 15) is 9.18 Å². The van der Waals surface area contributed by atoms with Crippen molar-refractivity contribution in [3.63, 3.8) is 0 Å². The molecule has 0 atom stereocenters. The highest BCUT2D eigenvalue weighted by molar-refractivity contribution is 6.09. The lowest BCUT2D eigenvalue weighted by Gasteiger charge is -2.29. The minimum Gasteiger partial charge on any atom is -0.356 e. The SMILES string of the molecule is CC(=N)NC(=O)c1cc2cc(F)ccc2nc1N1CCCCC1. The zero-order valence-corrected chi connectivity index (χ0v) is 13.0. The predicted molar refractivity (Wildman–Crippen MR) is 88.6 cm³/mol. The molecule has 120 valence electrons. The molecule has 2 heterocycles. The van der Waals surface area contributed by atoms with Crippen LogP contribution in [-0.2, 0) is 0 Å². The highest BCUT2D eigenvalue weighted by Crippen LogP contribution is 2.26. The summed E-state index contributed by atoms with van der Waals surface area (Å²) in [6.45, 7) is 3.21. The van der Waals surface area contributed by atoms with Crippen LogP contribution in [0.2, 0.25) is 0 Å². The number of amides is 1. The van der Waals surface area contributed by atoms with E-state index in [0.717, 1.165) is 25.9 Å². The summed E-state index contributed by atoms with van der Waals surface area (Å²) in [4.78, 5) is 19.1. The van der Waals surface area contributed by atoms with Gasteiger partial charge in [0.15, 0.2) is 0 Å². The standard InChI is InChI=1S/C17H19FN4O/c1-11(19)20-17(23)14-10-12-9-13(18)5-6-15(12)21-16(14)22-7-3-2-4-8-22/h5-6,9-10H,2-4,7-8H2,1H3,(H2,19,20,23). The van der Waals surface area contributed by atoms with Crippen LogP contribution in [-0.4, -0.2) is 29.8 Å². The zero-order valence-electron chi connectivity index (χ0n) is 13.0. The summed E-state index contributed by atoms with van der Waals surface area (Å²) in [6.07, 6.45) is 3.30. The van der Waals surface area contributed by atoms with Crippen LogP contribution in [0.25, 0.3) is 10.9 Å². The molecule has 1 saturated heterocycles. The second-order valence-corrected chi connectivity index (χ2v) is 5.82. The number of fused-ring (bicyclic) bond motifs is 1. The van der Waals surface area contributed by atoms with Gasteiger partial charge in [-0.3, -0.25) is 10.2 Å². The summed E-state index contributed by atoms with van der Waals surface area (Å²) in [5.74, 6) is -0.0576. The maximum atomic E-state index is 13.5. The normalized spacial score (nSPS) is 14.8. The Bertz CT molecular complexity index is 769. The van der Waals surface area contributed by atoms with Crippen LogP contribution in [0, 0.1) is 11.2 Å².